The molecule has 4 rings (SSSR count). The van der Waals surface area contributed by atoms with Crippen LogP contribution in [0, 0.1) is 5.82 Å². The van der Waals surface area contributed by atoms with Gasteiger partial charge in [-0.25, -0.2) is 9.37 Å². The molecule has 1 saturated carbocycles. The standard InChI is InChI=1S/C22H20BrFN2O2/c23-16-6-3-5-15(13-16)22(11-4-12-22)26-20(27)9-10-21-25-14-19(28-21)17-7-1-2-8-18(17)24/h1-3,5-8,13-14H,4,9-12H2,(H,26,27). The predicted molar refractivity (Wildman–Crippen MR) is 108 cm³/mol. The molecule has 0 radical (unpaired) electrons. The maximum Gasteiger partial charge on any atom is 0.221 e. The van der Waals surface area contributed by atoms with Gasteiger partial charge >= 0.3 is 0 Å². The molecule has 1 fully saturated rings. The van der Waals surface area contributed by atoms with Crippen molar-refractivity contribution >= 4 is 21.8 Å². The van der Waals surface area contributed by atoms with E-state index in [-0.39, 0.29) is 23.7 Å². The molecule has 1 aromatic heterocycles. The van der Waals surface area contributed by atoms with Crippen LogP contribution < -0.4 is 5.32 Å². The summed E-state index contributed by atoms with van der Waals surface area (Å²) in [4.78, 5) is 16.7. The van der Waals surface area contributed by atoms with Crippen LogP contribution in [-0.4, -0.2) is 10.9 Å². The number of oxazole rings is 1. The van der Waals surface area contributed by atoms with Gasteiger partial charge in [0.1, 0.15) is 5.82 Å². The quantitative estimate of drug-likeness (QED) is 0.557. The molecule has 0 bridgehead atoms. The van der Waals surface area contributed by atoms with Crippen LogP contribution >= 0.6 is 15.9 Å². The molecule has 4 nitrogen and oxygen atoms in total. The molecule has 1 N–H and O–H groups in total. The number of hydrogen-bond donors (Lipinski definition) is 1. The minimum absolute atomic E-state index is 0.0367. The van der Waals surface area contributed by atoms with Crippen molar-refractivity contribution in [2.24, 2.45) is 0 Å². The highest BCUT2D eigenvalue weighted by Gasteiger charge is 2.39. The number of hydrogen-bond acceptors (Lipinski definition) is 3. The fraction of sp³-hybridized carbons (Fsp3) is 0.273. The zero-order chi connectivity index (χ0) is 19.6. The molecule has 144 valence electrons. The lowest BCUT2D eigenvalue weighted by Gasteiger charge is -2.43. The summed E-state index contributed by atoms with van der Waals surface area (Å²) in [5, 5.41) is 3.20. The largest absolute Gasteiger partial charge is 0.441 e. The van der Waals surface area contributed by atoms with Crippen molar-refractivity contribution < 1.29 is 13.6 Å². The number of amides is 1. The number of aryl methyl sites for hydroxylation is 1. The Bertz CT molecular complexity index is 997. The Morgan fingerprint density at radius 2 is 2.04 bits per heavy atom. The van der Waals surface area contributed by atoms with Gasteiger partial charge in [-0.1, -0.05) is 40.2 Å². The van der Waals surface area contributed by atoms with Crippen molar-refractivity contribution in [3.8, 4) is 11.3 Å². The third-order valence-electron chi connectivity index (χ3n) is 5.22. The third-order valence-corrected chi connectivity index (χ3v) is 5.72. The number of halogens is 2. The van der Waals surface area contributed by atoms with Gasteiger partial charge in [-0.2, -0.15) is 0 Å². The summed E-state index contributed by atoms with van der Waals surface area (Å²) >= 11 is 3.50. The molecule has 1 heterocycles. The van der Waals surface area contributed by atoms with Crippen molar-refractivity contribution in [1.29, 1.82) is 0 Å². The number of nitrogens with one attached hydrogen (secondary N) is 1. The lowest BCUT2D eigenvalue weighted by atomic mass is 9.71. The van der Waals surface area contributed by atoms with E-state index in [2.05, 4.69) is 38.4 Å². The minimum atomic E-state index is -0.358. The van der Waals surface area contributed by atoms with E-state index in [0.29, 0.717) is 23.6 Å². The zero-order valence-electron chi connectivity index (χ0n) is 15.3. The molecule has 0 unspecified atom stereocenters. The van der Waals surface area contributed by atoms with Crippen LogP contribution in [0.2, 0.25) is 0 Å². The van der Waals surface area contributed by atoms with E-state index >= 15 is 0 Å². The van der Waals surface area contributed by atoms with E-state index < -0.39 is 0 Å². The number of carbonyl (C=O) groups excluding carboxylic acids is 1. The molecule has 0 atom stereocenters. The van der Waals surface area contributed by atoms with Crippen molar-refractivity contribution in [1.82, 2.24) is 10.3 Å². The Labute approximate surface area is 171 Å². The summed E-state index contributed by atoms with van der Waals surface area (Å²) in [6, 6.07) is 14.5. The van der Waals surface area contributed by atoms with Crippen LogP contribution in [0.4, 0.5) is 4.39 Å². The molecular formula is C22H20BrFN2O2. The molecule has 28 heavy (non-hydrogen) atoms. The van der Waals surface area contributed by atoms with Crippen LogP contribution in [0.3, 0.4) is 0 Å². The number of nitrogens with zero attached hydrogens (tertiary/aromatic N) is 1. The van der Waals surface area contributed by atoms with Gasteiger partial charge in [-0.05, 0) is 49.1 Å². The Kier molecular flexibility index (Phi) is 5.31. The van der Waals surface area contributed by atoms with Crippen LogP contribution in [-0.2, 0) is 16.8 Å². The van der Waals surface area contributed by atoms with Gasteiger partial charge in [-0.3, -0.25) is 4.79 Å². The van der Waals surface area contributed by atoms with Crippen molar-refractivity contribution in [3.05, 3.63) is 76.5 Å². The summed E-state index contributed by atoms with van der Waals surface area (Å²) < 4.78 is 20.5. The van der Waals surface area contributed by atoms with E-state index in [1.807, 2.05) is 12.1 Å². The fourth-order valence-corrected chi connectivity index (χ4v) is 3.96. The van der Waals surface area contributed by atoms with E-state index in [0.717, 1.165) is 29.3 Å². The predicted octanol–water partition coefficient (Wildman–Crippen LogP) is 5.37. The van der Waals surface area contributed by atoms with Crippen LogP contribution in [0.5, 0.6) is 0 Å². The molecule has 1 amide bonds. The number of rotatable bonds is 6. The highest BCUT2D eigenvalue weighted by atomic mass is 79.9. The third kappa shape index (κ3) is 3.87. The number of aromatic nitrogens is 1. The first-order chi connectivity index (χ1) is 13.6. The molecule has 6 heteroatoms. The van der Waals surface area contributed by atoms with Gasteiger partial charge < -0.3 is 9.73 Å². The van der Waals surface area contributed by atoms with Crippen LogP contribution in [0.25, 0.3) is 11.3 Å². The smallest absolute Gasteiger partial charge is 0.221 e. The van der Waals surface area contributed by atoms with E-state index in [1.165, 1.54) is 12.3 Å². The Morgan fingerprint density at radius 3 is 2.75 bits per heavy atom. The Balaban J connectivity index is 1.39. The molecule has 0 spiro atoms. The summed E-state index contributed by atoms with van der Waals surface area (Å²) in [5.41, 5.74) is 1.21. The molecule has 0 saturated heterocycles. The SMILES string of the molecule is O=C(CCc1ncc(-c2ccccc2F)o1)NC1(c2cccc(Br)c2)CCC1. The summed E-state index contributed by atoms with van der Waals surface area (Å²) in [5.74, 6) is 0.408. The van der Waals surface area contributed by atoms with Gasteiger partial charge in [-0.15, -0.1) is 0 Å². The molecule has 1 aliphatic carbocycles. The molecule has 0 aliphatic heterocycles. The number of carbonyl (C=O) groups is 1. The summed E-state index contributed by atoms with van der Waals surface area (Å²) in [6.07, 6.45) is 5.11. The lowest BCUT2D eigenvalue weighted by molar-refractivity contribution is -0.124. The normalized spacial score (nSPS) is 15.1. The molecular weight excluding hydrogens is 423 g/mol. The van der Waals surface area contributed by atoms with Crippen molar-refractivity contribution in [3.63, 3.8) is 0 Å². The first-order valence-corrected chi connectivity index (χ1v) is 10.1. The van der Waals surface area contributed by atoms with Gasteiger partial charge in [0.05, 0.1) is 17.3 Å². The zero-order valence-corrected chi connectivity index (χ0v) is 16.8. The topological polar surface area (TPSA) is 55.1 Å². The van der Waals surface area contributed by atoms with Crippen molar-refractivity contribution in [2.45, 2.75) is 37.6 Å². The van der Waals surface area contributed by atoms with Gasteiger partial charge in [0.15, 0.2) is 11.7 Å². The number of benzene rings is 2. The first kappa shape index (κ1) is 18.9. The van der Waals surface area contributed by atoms with Crippen LogP contribution in [0.1, 0.15) is 37.1 Å². The fourth-order valence-electron chi connectivity index (χ4n) is 3.56. The first-order valence-electron chi connectivity index (χ1n) is 9.32. The maximum atomic E-state index is 13.9. The van der Waals surface area contributed by atoms with Crippen molar-refractivity contribution in [2.75, 3.05) is 0 Å². The second-order valence-electron chi connectivity index (χ2n) is 7.09. The Hall–Kier alpha value is -2.47. The van der Waals surface area contributed by atoms with Gasteiger partial charge in [0.2, 0.25) is 5.91 Å². The minimum Gasteiger partial charge on any atom is -0.441 e. The van der Waals surface area contributed by atoms with E-state index in [1.54, 1.807) is 18.2 Å². The van der Waals surface area contributed by atoms with Gasteiger partial charge in [0.25, 0.3) is 0 Å². The average molecular weight is 443 g/mol. The lowest BCUT2D eigenvalue weighted by Crippen LogP contribution is -2.50. The van der Waals surface area contributed by atoms with Crippen LogP contribution in [0.15, 0.2) is 63.6 Å². The summed E-state index contributed by atoms with van der Waals surface area (Å²) in [6.45, 7) is 0. The molecule has 1 aliphatic rings. The highest BCUT2D eigenvalue weighted by Crippen LogP contribution is 2.42. The van der Waals surface area contributed by atoms with Gasteiger partial charge in [0, 0.05) is 17.3 Å². The maximum absolute atomic E-state index is 13.9. The second-order valence-corrected chi connectivity index (χ2v) is 8.01. The monoisotopic (exact) mass is 442 g/mol. The molecule has 3 aromatic rings. The average Bonchev–Trinajstić information content (AvgIpc) is 3.12. The summed E-state index contributed by atoms with van der Waals surface area (Å²) in [7, 11) is 0. The molecule has 2 aromatic carbocycles. The second kappa shape index (κ2) is 7.87. The highest BCUT2D eigenvalue weighted by molar-refractivity contribution is 9.10. The Morgan fingerprint density at radius 1 is 1.21 bits per heavy atom. The van der Waals surface area contributed by atoms with E-state index in [4.69, 9.17) is 4.42 Å². The van der Waals surface area contributed by atoms with E-state index in [9.17, 15) is 9.18 Å².